The molecule has 1 amide bonds. The minimum absolute atomic E-state index is 0.0358. The minimum Gasteiger partial charge on any atom is -0.376 e. The van der Waals surface area contributed by atoms with E-state index in [-0.39, 0.29) is 29.9 Å². The molecule has 24 heavy (non-hydrogen) atoms. The molecule has 0 unspecified atom stereocenters. The highest BCUT2D eigenvalue weighted by atomic mass is 19.1. The highest BCUT2D eigenvalue weighted by molar-refractivity contribution is 5.78. The molecule has 1 aliphatic heterocycles. The van der Waals surface area contributed by atoms with Gasteiger partial charge in [0.2, 0.25) is 5.91 Å². The minimum atomic E-state index is -0.588. The number of H-pyrrole nitrogens is 1. The Kier molecular flexibility index (Phi) is 4.84. The van der Waals surface area contributed by atoms with Gasteiger partial charge in [0.15, 0.2) is 0 Å². The second-order valence-electron chi connectivity index (χ2n) is 5.86. The maximum absolute atomic E-state index is 13.7. The summed E-state index contributed by atoms with van der Waals surface area (Å²) < 4.78 is 32.6. The van der Waals surface area contributed by atoms with Crippen LogP contribution < -0.4 is 0 Å². The summed E-state index contributed by atoms with van der Waals surface area (Å²) in [6.45, 7) is 0.928. The molecule has 8 heteroatoms. The number of amides is 1. The third kappa shape index (κ3) is 3.59. The first-order valence-corrected chi connectivity index (χ1v) is 7.69. The predicted octanol–water partition coefficient (Wildman–Crippen LogP) is 1.66. The lowest BCUT2D eigenvalue weighted by Gasteiger charge is -2.24. The summed E-state index contributed by atoms with van der Waals surface area (Å²) in [6, 6.07) is 3.10. The molecule has 3 rings (SSSR count). The molecule has 1 fully saturated rings. The molecule has 2 atom stereocenters. The van der Waals surface area contributed by atoms with Crippen LogP contribution in [0.1, 0.15) is 23.7 Å². The van der Waals surface area contributed by atoms with Crippen LogP contribution in [0.5, 0.6) is 0 Å². The second kappa shape index (κ2) is 7.04. The standard InChI is InChI=1S/C16H18F2N4O2/c1-22(15(23)7-10-6-11(17)2-3-13(10)18)8-14-12(4-5-24-14)16-19-9-20-21-16/h2-3,6,9,12,14H,4-5,7-8H2,1H3,(H,19,20,21)/t12-,14-/m1/s1. The molecule has 2 heterocycles. The number of likely N-dealkylation sites (N-methyl/N-ethyl adjacent to an activating group) is 1. The van der Waals surface area contributed by atoms with E-state index >= 15 is 0 Å². The van der Waals surface area contributed by atoms with Crippen LogP contribution >= 0.6 is 0 Å². The van der Waals surface area contributed by atoms with Crippen LogP contribution in [0.25, 0.3) is 0 Å². The van der Waals surface area contributed by atoms with Crippen molar-refractivity contribution in [2.75, 3.05) is 20.2 Å². The van der Waals surface area contributed by atoms with E-state index in [1.54, 1.807) is 7.05 Å². The monoisotopic (exact) mass is 336 g/mol. The molecular weight excluding hydrogens is 318 g/mol. The van der Waals surface area contributed by atoms with Crippen LogP contribution in [0.4, 0.5) is 8.78 Å². The van der Waals surface area contributed by atoms with Crippen molar-refractivity contribution in [2.45, 2.75) is 24.9 Å². The molecule has 128 valence electrons. The van der Waals surface area contributed by atoms with Gasteiger partial charge < -0.3 is 9.64 Å². The number of hydrogen-bond donors (Lipinski definition) is 1. The van der Waals surface area contributed by atoms with Gasteiger partial charge in [-0.1, -0.05) is 0 Å². The van der Waals surface area contributed by atoms with Crippen LogP contribution in [-0.2, 0) is 16.0 Å². The number of halogens is 2. The third-order valence-corrected chi connectivity index (χ3v) is 4.22. The van der Waals surface area contributed by atoms with Crippen LogP contribution in [0.3, 0.4) is 0 Å². The fraction of sp³-hybridized carbons (Fsp3) is 0.438. The van der Waals surface area contributed by atoms with Crippen molar-refractivity contribution in [1.29, 1.82) is 0 Å². The van der Waals surface area contributed by atoms with Gasteiger partial charge in [0, 0.05) is 31.7 Å². The maximum Gasteiger partial charge on any atom is 0.226 e. The van der Waals surface area contributed by atoms with Gasteiger partial charge in [-0.2, -0.15) is 5.10 Å². The number of nitrogens with one attached hydrogen (secondary N) is 1. The van der Waals surface area contributed by atoms with E-state index in [1.807, 2.05) is 0 Å². The highest BCUT2D eigenvalue weighted by Crippen LogP contribution is 2.29. The van der Waals surface area contributed by atoms with Gasteiger partial charge in [0.1, 0.15) is 23.8 Å². The molecule has 1 aromatic heterocycles. The quantitative estimate of drug-likeness (QED) is 0.901. The van der Waals surface area contributed by atoms with Crippen LogP contribution in [0, 0.1) is 11.6 Å². The van der Waals surface area contributed by atoms with Gasteiger partial charge in [0.05, 0.1) is 12.5 Å². The fourth-order valence-electron chi connectivity index (χ4n) is 2.88. The number of nitrogens with zero attached hydrogens (tertiary/aromatic N) is 3. The van der Waals surface area contributed by atoms with Crippen molar-refractivity contribution in [3.63, 3.8) is 0 Å². The number of hydrogen-bond acceptors (Lipinski definition) is 4. The van der Waals surface area contributed by atoms with Gasteiger partial charge >= 0.3 is 0 Å². The number of carbonyl (C=O) groups excluding carboxylic acids is 1. The van der Waals surface area contributed by atoms with Gasteiger partial charge in [-0.25, -0.2) is 13.8 Å². The normalized spacial score (nSPS) is 20.3. The maximum atomic E-state index is 13.7. The van der Waals surface area contributed by atoms with E-state index in [2.05, 4.69) is 15.2 Å². The molecule has 1 aliphatic rings. The number of aromatic nitrogens is 3. The zero-order valence-electron chi connectivity index (χ0n) is 13.2. The molecule has 0 aliphatic carbocycles. The third-order valence-electron chi connectivity index (χ3n) is 4.22. The molecule has 2 aromatic rings. The molecule has 1 aromatic carbocycles. The van der Waals surface area contributed by atoms with Crippen LogP contribution in [-0.4, -0.2) is 52.3 Å². The molecule has 0 bridgehead atoms. The molecule has 0 radical (unpaired) electrons. The summed E-state index contributed by atoms with van der Waals surface area (Å²) in [5.74, 6) is -0.685. The Bertz CT molecular complexity index is 708. The van der Waals surface area contributed by atoms with Crippen molar-refractivity contribution in [2.24, 2.45) is 0 Å². The van der Waals surface area contributed by atoms with E-state index in [0.717, 1.165) is 30.4 Å². The highest BCUT2D eigenvalue weighted by Gasteiger charge is 2.33. The molecule has 1 saturated heterocycles. The fourth-order valence-corrected chi connectivity index (χ4v) is 2.88. The summed E-state index contributed by atoms with van der Waals surface area (Å²) in [4.78, 5) is 17.9. The lowest BCUT2D eigenvalue weighted by Crippen LogP contribution is -2.37. The molecule has 0 saturated carbocycles. The van der Waals surface area contributed by atoms with Gasteiger partial charge in [-0.3, -0.25) is 9.89 Å². The van der Waals surface area contributed by atoms with Gasteiger partial charge in [-0.15, -0.1) is 0 Å². The van der Waals surface area contributed by atoms with E-state index < -0.39 is 11.6 Å². The largest absolute Gasteiger partial charge is 0.376 e. The summed E-state index contributed by atoms with van der Waals surface area (Å²) in [5, 5.41) is 6.67. The van der Waals surface area contributed by atoms with Crippen molar-refractivity contribution >= 4 is 5.91 Å². The van der Waals surface area contributed by atoms with Crippen LogP contribution in [0.15, 0.2) is 24.5 Å². The Labute approximate surface area is 137 Å². The number of rotatable bonds is 5. The molecule has 1 N–H and O–H groups in total. The Morgan fingerprint density at radius 2 is 2.29 bits per heavy atom. The first kappa shape index (κ1) is 16.5. The Morgan fingerprint density at radius 1 is 1.46 bits per heavy atom. The lowest BCUT2D eigenvalue weighted by molar-refractivity contribution is -0.130. The van der Waals surface area contributed by atoms with Crippen molar-refractivity contribution in [3.05, 3.63) is 47.5 Å². The SMILES string of the molecule is CN(C[C@H]1OCC[C@H]1c1ncn[nH]1)C(=O)Cc1cc(F)ccc1F. The smallest absolute Gasteiger partial charge is 0.226 e. The Morgan fingerprint density at radius 3 is 3.04 bits per heavy atom. The van der Waals surface area contributed by atoms with Crippen LogP contribution in [0.2, 0.25) is 0 Å². The molecular formula is C16H18F2N4O2. The lowest BCUT2D eigenvalue weighted by atomic mass is 10.00. The first-order valence-electron chi connectivity index (χ1n) is 7.69. The van der Waals surface area contributed by atoms with Crippen molar-refractivity contribution < 1.29 is 18.3 Å². The summed E-state index contributed by atoms with van der Waals surface area (Å²) in [6.07, 6.45) is 1.83. The second-order valence-corrected chi connectivity index (χ2v) is 5.86. The summed E-state index contributed by atoms with van der Waals surface area (Å²) in [5.41, 5.74) is 0.0472. The van der Waals surface area contributed by atoms with E-state index in [0.29, 0.717) is 13.2 Å². The number of carbonyl (C=O) groups is 1. The molecule has 6 nitrogen and oxygen atoms in total. The van der Waals surface area contributed by atoms with Gasteiger partial charge in [0.25, 0.3) is 0 Å². The topological polar surface area (TPSA) is 71.1 Å². The van der Waals surface area contributed by atoms with Crippen molar-refractivity contribution in [3.8, 4) is 0 Å². The summed E-state index contributed by atoms with van der Waals surface area (Å²) >= 11 is 0. The number of aromatic amines is 1. The molecule has 0 spiro atoms. The Balaban J connectivity index is 1.62. The van der Waals surface area contributed by atoms with E-state index in [4.69, 9.17) is 4.74 Å². The van der Waals surface area contributed by atoms with Crippen molar-refractivity contribution in [1.82, 2.24) is 20.1 Å². The summed E-state index contributed by atoms with van der Waals surface area (Å²) in [7, 11) is 1.62. The average Bonchev–Trinajstić information content (AvgIpc) is 3.21. The van der Waals surface area contributed by atoms with E-state index in [9.17, 15) is 13.6 Å². The van der Waals surface area contributed by atoms with Gasteiger partial charge in [-0.05, 0) is 24.6 Å². The zero-order valence-corrected chi connectivity index (χ0v) is 13.2. The zero-order chi connectivity index (χ0) is 17.1. The number of ether oxygens (including phenoxy) is 1. The average molecular weight is 336 g/mol. The predicted molar refractivity (Wildman–Crippen MR) is 81.2 cm³/mol. The first-order chi connectivity index (χ1) is 11.5. The van der Waals surface area contributed by atoms with E-state index in [1.165, 1.54) is 11.2 Å². The Hall–Kier alpha value is -2.35. The number of benzene rings is 1.